The molecule has 176 valence electrons. The Bertz CT molecular complexity index is 743. The molecule has 0 unspecified atom stereocenters. The van der Waals surface area contributed by atoms with Crippen LogP contribution in [0.1, 0.15) is 126 Å². The van der Waals surface area contributed by atoms with Crippen LogP contribution >= 0.6 is 0 Å². The third kappa shape index (κ3) is 2.78. The molecule has 0 aliphatic heterocycles. The summed E-state index contributed by atoms with van der Waals surface area (Å²) >= 11 is 0. The molecule has 0 bridgehead atoms. The van der Waals surface area contributed by atoms with E-state index in [0.717, 1.165) is 34.5 Å². The Morgan fingerprint density at radius 1 is 0.806 bits per heavy atom. The first-order chi connectivity index (χ1) is 14.4. The highest BCUT2D eigenvalue weighted by Gasteiger charge is 2.81. The predicted molar refractivity (Wildman–Crippen MR) is 134 cm³/mol. The summed E-state index contributed by atoms with van der Waals surface area (Å²) in [5.41, 5.74) is 4.72. The lowest BCUT2D eigenvalue weighted by molar-refractivity contribution is -0.142. The molecule has 0 aromatic rings. The average molecular weight is 425 g/mol. The van der Waals surface area contributed by atoms with Crippen LogP contribution in [0.3, 0.4) is 0 Å². The van der Waals surface area contributed by atoms with Crippen LogP contribution in [0, 0.1) is 56.7 Å². The Balaban J connectivity index is 1.38. The first-order valence-electron chi connectivity index (χ1n) is 14.1. The molecular formula is C31H52. The van der Waals surface area contributed by atoms with E-state index in [1.807, 2.05) is 0 Å². The Hall–Kier alpha value is -0.260. The molecule has 0 aromatic heterocycles. The molecule has 5 rings (SSSR count). The molecule has 8 atom stereocenters. The van der Waals surface area contributed by atoms with Crippen molar-refractivity contribution in [1.29, 1.82) is 0 Å². The monoisotopic (exact) mass is 424 g/mol. The zero-order chi connectivity index (χ0) is 22.4. The number of rotatable bonds is 5. The molecular weight excluding hydrogens is 372 g/mol. The lowest BCUT2D eigenvalue weighted by Crippen LogP contribution is -2.56. The van der Waals surface area contributed by atoms with Crippen LogP contribution in [-0.4, -0.2) is 0 Å². The van der Waals surface area contributed by atoms with E-state index in [-0.39, 0.29) is 0 Å². The van der Waals surface area contributed by atoms with E-state index in [1.54, 1.807) is 32.1 Å². The Kier molecular flexibility index (Phi) is 5.00. The molecule has 5 aliphatic rings. The van der Waals surface area contributed by atoms with Gasteiger partial charge in [0.1, 0.15) is 0 Å². The van der Waals surface area contributed by atoms with Gasteiger partial charge in [0.2, 0.25) is 0 Å². The summed E-state index contributed by atoms with van der Waals surface area (Å²) in [4.78, 5) is 0. The van der Waals surface area contributed by atoms with E-state index >= 15 is 0 Å². The van der Waals surface area contributed by atoms with Crippen molar-refractivity contribution in [2.24, 2.45) is 56.7 Å². The average Bonchev–Trinajstić information content (AvgIpc) is 3.27. The summed E-state index contributed by atoms with van der Waals surface area (Å²) < 4.78 is 0. The normalized spacial score (nSPS) is 50.8. The quantitative estimate of drug-likeness (QED) is 0.385. The van der Waals surface area contributed by atoms with Gasteiger partial charge in [-0.3, -0.25) is 0 Å². The third-order valence-electron chi connectivity index (χ3n) is 13.3. The van der Waals surface area contributed by atoms with Crippen molar-refractivity contribution < 1.29 is 0 Å². The molecule has 0 saturated heterocycles. The van der Waals surface area contributed by atoms with Crippen molar-refractivity contribution in [3.8, 4) is 0 Å². The molecule has 0 radical (unpaired) electrons. The molecule has 0 nitrogen and oxygen atoms in total. The molecule has 0 heterocycles. The number of hydrogen-bond donors (Lipinski definition) is 0. The van der Waals surface area contributed by atoms with Crippen LogP contribution in [0.15, 0.2) is 12.2 Å². The SMILES string of the molecule is C=C(CC[C@@H](C)[C@H]1CC[C@@]2(C)[C@@H]3CC[C@H]4C(C)(C)CCC[C@@]45C[C@@]35CC[C@]12C)C(C)C. The second-order valence-electron chi connectivity index (χ2n) is 14.8. The fraction of sp³-hybridized carbons (Fsp3) is 0.935. The Morgan fingerprint density at radius 2 is 1.48 bits per heavy atom. The van der Waals surface area contributed by atoms with Crippen molar-refractivity contribution in [3.05, 3.63) is 12.2 Å². The highest BCUT2D eigenvalue weighted by molar-refractivity contribution is 5.30. The van der Waals surface area contributed by atoms with Gasteiger partial charge in [0.25, 0.3) is 0 Å². The van der Waals surface area contributed by atoms with Crippen molar-refractivity contribution in [2.75, 3.05) is 0 Å². The van der Waals surface area contributed by atoms with Gasteiger partial charge in [-0.1, -0.05) is 67.0 Å². The maximum absolute atomic E-state index is 4.38. The van der Waals surface area contributed by atoms with Gasteiger partial charge in [0.05, 0.1) is 0 Å². The molecule has 0 amide bonds. The lowest BCUT2D eigenvalue weighted by Gasteiger charge is -2.63. The largest absolute Gasteiger partial charge is 0.0996 e. The van der Waals surface area contributed by atoms with Gasteiger partial charge in [-0.15, -0.1) is 0 Å². The molecule has 0 aromatic carbocycles. The molecule has 31 heavy (non-hydrogen) atoms. The fourth-order valence-corrected chi connectivity index (χ4v) is 11.3. The van der Waals surface area contributed by atoms with E-state index in [2.05, 4.69) is 55.0 Å². The van der Waals surface area contributed by atoms with Crippen LogP contribution in [0.5, 0.6) is 0 Å². The van der Waals surface area contributed by atoms with Crippen molar-refractivity contribution in [2.45, 2.75) is 126 Å². The van der Waals surface area contributed by atoms with Gasteiger partial charge in [-0.2, -0.15) is 0 Å². The summed E-state index contributed by atoms with van der Waals surface area (Å²) in [5, 5.41) is 0. The van der Waals surface area contributed by atoms with Crippen LogP contribution < -0.4 is 0 Å². The van der Waals surface area contributed by atoms with Crippen LogP contribution in [-0.2, 0) is 0 Å². The summed E-state index contributed by atoms with van der Waals surface area (Å²) in [6.07, 6.45) is 18.0. The first-order valence-corrected chi connectivity index (χ1v) is 14.1. The van der Waals surface area contributed by atoms with Crippen molar-refractivity contribution in [3.63, 3.8) is 0 Å². The minimum Gasteiger partial charge on any atom is -0.0996 e. The van der Waals surface area contributed by atoms with Gasteiger partial charge in [-0.25, -0.2) is 0 Å². The minimum atomic E-state index is 0.572. The standard InChI is InChI=1S/C31H52/c1-21(2)22(3)10-11-23(4)24-14-17-29(8)26-13-12-25-27(5,6)15-9-16-30(25)20-31(26,30)19-18-28(24,29)7/h21,23-26H,3,9-20H2,1-2,4-8H3/t23-,24-,25+,26+,28-,29+,30-,31+/m1/s1. The summed E-state index contributed by atoms with van der Waals surface area (Å²) in [6, 6.07) is 0. The smallest absolute Gasteiger partial charge is 0.0198 e. The van der Waals surface area contributed by atoms with E-state index in [4.69, 9.17) is 0 Å². The predicted octanol–water partition coefficient (Wildman–Crippen LogP) is 9.44. The molecule has 5 aliphatic carbocycles. The van der Waals surface area contributed by atoms with E-state index < -0.39 is 0 Å². The maximum atomic E-state index is 4.38. The van der Waals surface area contributed by atoms with Crippen molar-refractivity contribution >= 4 is 0 Å². The van der Waals surface area contributed by atoms with E-state index in [9.17, 15) is 0 Å². The second-order valence-corrected chi connectivity index (χ2v) is 14.8. The van der Waals surface area contributed by atoms with Gasteiger partial charge >= 0.3 is 0 Å². The number of hydrogen-bond acceptors (Lipinski definition) is 0. The van der Waals surface area contributed by atoms with Crippen LogP contribution in [0.2, 0.25) is 0 Å². The fourth-order valence-electron chi connectivity index (χ4n) is 11.3. The van der Waals surface area contributed by atoms with Gasteiger partial charge < -0.3 is 0 Å². The highest BCUT2D eigenvalue weighted by atomic mass is 14.9. The second kappa shape index (κ2) is 6.88. The minimum absolute atomic E-state index is 0.572. The number of fused-ring (bicyclic) bond motifs is 2. The lowest BCUT2D eigenvalue weighted by atomic mass is 9.42. The Morgan fingerprint density at radius 3 is 2.19 bits per heavy atom. The number of allylic oxidation sites excluding steroid dienone is 1. The molecule has 2 spiro atoms. The van der Waals surface area contributed by atoms with Gasteiger partial charge in [0, 0.05) is 0 Å². The summed E-state index contributed by atoms with van der Waals surface area (Å²) in [7, 11) is 0. The topological polar surface area (TPSA) is 0 Å². The van der Waals surface area contributed by atoms with Crippen molar-refractivity contribution in [1.82, 2.24) is 0 Å². The third-order valence-corrected chi connectivity index (χ3v) is 13.3. The summed E-state index contributed by atoms with van der Waals surface area (Å²) in [6.45, 7) is 22.4. The molecule has 0 N–H and O–H groups in total. The highest BCUT2D eigenvalue weighted by Crippen LogP contribution is 2.89. The van der Waals surface area contributed by atoms with Crippen LogP contribution in [0.25, 0.3) is 0 Å². The first kappa shape index (κ1) is 22.5. The zero-order valence-electron chi connectivity index (χ0n) is 22.1. The summed E-state index contributed by atoms with van der Waals surface area (Å²) in [5.74, 6) is 4.48. The zero-order valence-corrected chi connectivity index (χ0v) is 22.1. The van der Waals surface area contributed by atoms with Gasteiger partial charge in [0.15, 0.2) is 0 Å². The van der Waals surface area contributed by atoms with Crippen LogP contribution in [0.4, 0.5) is 0 Å². The molecule has 0 heteroatoms. The molecule has 5 saturated carbocycles. The molecule has 5 fully saturated rings. The Labute approximate surface area is 194 Å². The van der Waals surface area contributed by atoms with Gasteiger partial charge in [-0.05, 0) is 127 Å². The van der Waals surface area contributed by atoms with E-state index in [1.165, 1.54) is 50.5 Å². The van der Waals surface area contributed by atoms with E-state index in [0.29, 0.717) is 22.2 Å². The maximum Gasteiger partial charge on any atom is -0.0198 e.